The van der Waals surface area contributed by atoms with Crippen molar-refractivity contribution in [2.24, 2.45) is 5.92 Å². The van der Waals surface area contributed by atoms with Crippen molar-refractivity contribution in [2.75, 3.05) is 13.1 Å². The molecular weight excluding hydrogens is 316 g/mol. The Hall–Kier alpha value is -2.21. The minimum absolute atomic E-state index is 0.0560. The van der Waals surface area contributed by atoms with Crippen LogP contribution in [0.1, 0.15) is 55.9 Å². The fourth-order valence-electron chi connectivity index (χ4n) is 3.17. The van der Waals surface area contributed by atoms with Gasteiger partial charge in [-0.3, -0.25) is 4.79 Å². The molecule has 1 unspecified atom stereocenters. The molecule has 0 saturated carbocycles. The van der Waals surface area contributed by atoms with Gasteiger partial charge in [0.15, 0.2) is 5.82 Å². The van der Waals surface area contributed by atoms with Crippen molar-refractivity contribution in [3.63, 3.8) is 0 Å². The van der Waals surface area contributed by atoms with Crippen LogP contribution in [0.5, 0.6) is 0 Å². The van der Waals surface area contributed by atoms with Crippen molar-refractivity contribution < 1.29 is 9.32 Å². The van der Waals surface area contributed by atoms with Gasteiger partial charge in [-0.05, 0) is 50.8 Å². The molecule has 1 aromatic carbocycles. The molecule has 134 valence electrons. The Kier molecular flexibility index (Phi) is 6.17. The van der Waals surface area contributed by atoms with Crippen molar-refractivity contribution in [2.45, 2.75) is 45.1 Å². The predicted octanol–water partition coefficient (Wildman–Crippen LogP) is 2.62. The third-order valence-electron chi connectivity index (χ3n) is 4.69. The first kappa shape index (κ1) is 17.6. The molecule has 1 amide bonds. The van der Waals surface area contributed by atoms with E-state index in [1.54, 1.807) is 0 Å². The fraction of sp³-hybridized carbons (Fsp3) is 0.526. The normalized spacial score (nSPS) is 16.5. The fourth-order valence-corrected chi connectivity index (χ4v) is 3.17. The van der Waals surface area contributed by atoms with Crippen LogP contribution in [0, 0.1) is 5.92 Å². The zero-order valence-electron chi connectivity index (χ0n) is 14.7. The van der Waals surface area contributed by atoms with Crippen LogP contribution in [0.2, 0.25) is 0 Å². The van der Waals surface area contributed by atoms with Gasteiger partial charge in [-0.2, -0.15) is 4.98 Å². The summed E-state index contributed by atoms with van der Waals surface area (Å²) in [5.74, 6) is 1.81. The molecule has 1 aliphatic rings. The molecular formula is C19H26N4O2. The highest BCUT2D eigenvalue weighted by atomic mass is 16.5. The maximum Gasteiger partial charge on any atom is 0.231 e. The minimum atomic E-state index is -0.242. The standard InChI is InChI=1S/C19H26N4O2/c1-14(21-17(24)8-7-15-9-11-20-12-10-15)19-22-18(25-23-19)13-16-5-3-2-4-6-16/h2-6,14-15,20H,7-13H2,1H3,(H,21,24). The summed E-state index contributed by atoms with van der Waals surface area (Å²) >= 11 is 0. The Morgan fingerprint density at radius 3 is 2.84 bits per heavy atom. The minimum Gasteiger partial charge on any atom is -0.346 e. The summed E-state index contributed by atoms with van der Waals surface area (Å²) in [4.78, 5) is 16.6. The summed E-state index contributed by atoms with van der Waals surface area (Å²) < 4.78 is 5.31. The number of hydrogen-bond donors (Lipinski definition) is 2. The van der Waals surface area contributed by atoms with E-state index in [2.05, 4.69) is 20.8 Å². The van der Waals surface area contributed by atoms with Crippen molar-refractivity contribution >= 4 is 5.91 Å². The molecule has 0 bridgehead atoms. The third-order valence-corrected chi connectivity index (χ3v) is 4.69. The average molecular weight is 342 g/mol. The van der Waals surface area contributed by atoms with Crippen LogP contribution in [-0.2, 0) is 11.2 Å². The highest BCUT2D eigenvalue weighted by Crippen LogP contribution is 2.18. The number of amides is 1. The highest BCUT2D eigenvalue weighted by molar-refractivity contribution is 5.76. The van der Waals surface area contributed by atoms with Crippen LogP contribution in [0.15, 0.2) is 34.9 Å². The molecule has 1 aromatic heterocycles. The SMILES string of the molecule is CC(NC(=O)CCC1CCNCC1)c1noc(Cc2ccccc2)n1. The van der Waals surface area contributed by atoms with E-state index in [4.69, 9.17) is 4.52 Å². The van der Waals surface area contributed by atoms with Crippen LogP contribution in [0.25, 0.3) is 0 Å². The molecule has 1 atom stereocenters. The molecule has 6 nitrogen and oxygen atoms in total. The third kappa shape index (κ3) is 5.39. The van der Waals surface area contributed by atoms with E-state index in [-0.39, 0.29) is 11.9 Å². The predicted molar refractivity (Wildman–Crippen MR) is 94.9 cm³/mol. The monoisotopic (exact) mass is 342 g/mol. The van der Waals surface area contributed by atoms with Gasteiger partial charge in [-0.1, -0.05) is 35.5 Å². The van der Waals surface area contributed by atoms with Crippen LogP contribution in [0.4, 0.5) is 0 Å². The zero-order valence-corrected chi connectivity index (χ0v) is 14.7. The second-order valence-corrected chi connectivity index (χ2v) is 6.73. The van der Waals surface area contributed by atoms with Crippen molar-refractivity contribution in [1.82, 2.24) is 20.8 Å². The summed E-state index contributed by atoms with van der Waals surface area (Å²) in [5.41, 5.74) is 1.12. The van der Waals surface area contributed by atoms with Crippen LogP contribution in [-0.4, -0.2) is 29.1 Å². The van der Waals surface area contributed by atoms with Crippen LogP contribution in [0.3, 0.4) is 0 Å². The number of nitrogens with one attached hydrogen (secondary N) is 2. The second-order valence-electron chi connectivity index (χ2n) is 6.73. The molecule has 1 fully saturated rings. The summed E-state index contributed by atoms with van der Waals surface area (Å²) in [6, 6.07) is 9.75. The molecule has 2 aromatic rings. The summed E-state index contributed by atoms with van der Waals surface area (Å²) in [6.45, 7) is 4.02. The van der Waals surface area contributed by atoms with Crippen molar-refractivity contribution in [3.05, 3.63) is 47.6 Å². The Morgan fingerprint density at radius 2 is 2.08 bits per heavy atom. The van der Waals surface area contributed by atoms with Gasteiger partial charge in [0.1, 0.15) is 0 Å². The van der Waals surface area contributed by atoms with Crippen molar-refractivity contribution in [1.29, 1.82) is 0 Å². The molecule has 3 rings (SSSR count). The molecule has 6 heteroatoms. The van der Waals surface area contributed by atoms with E-state index in [1.807, 2.05) is 37.3 Å². The first-order valence-electron chi connectivity index (χ1n) is 9.07. The number of carbonyl (C=O) groups is 1. The summed E-state index contributed by atoms with van der Waals surface area (Å²) in [6.07, 6.45) is 4.44. The lowest BCUT2D eigenvalue weighted by molar-refractivity contribution is -0.122. The van der Waals surface area contributed by atoms with Crippen LogP contribution < -0.4 is 10.6 Å². The van der Waals surface area contributed by atoms with Crippen molar-refractivity contribution in [3.8, 4) is 0 Å². The lowest BCUT2D eigenvalue weighted by Crippen LogP contribution is -2.30. The molecule has 2 heterocycles. The number of aromatic nitrogens is 2. The summed E-state index contributed by atoms with van der Waals surface area (Å²) in [5, 5.41) is 10.3. The number of nitrogens with zero attached hydrogens (tertiary/aromatic N) is 2. The number of benzene rings is 1. The van der Waals surface area contributed by atoms with Gasteiger partial charge < -0.3 is 15.2 Å². The Bertz CT molecular complexity index is 665. The van der Waals surface area contributed by atoms with Gasteiger partial charge in [0.2, 0.25) is 11.8 Å². The molecule has 1 aliphatic heterocycles. The highest BCUT2D eigenvalue weighted by Gasteiger charge is 2.18. The van der Waals surface area contributed by atoms with Gasteiger partial charge in [-0.15, -0.1) is 0 Å². The molecule has 0 radical (unpaired) electrons. The van der Waals surface area contributed by atoms with Gasteiger partial charge in [0.05, 0.1) is 12.5 Å². The van der Waals surface area contributed by atoms with Gasteiger partial charge in [0.25, 0.3) is 0 Å². The molecule has 2 N–H and O–H groups in total. The molecule has 0 aliphatic carbocycles. The van der Waals surface area contributed by atoms with E-state index < -0.39 is 0 Å². The van der Waals surface area contributed by atoms with Gasteiger partial charge in [0, 0.05) is 6.42 Å². The topological polar surface area (TPSA) is 80.0 Å². The largest absolute Gasteiger partial charge is 0.346 e. The van der Waals surface area contributed by atoms with E-state index in [1.165, 1.54) is 0 Å². The number of carbonyl (C=O) groups excluding carboxylic acids is 1. The zero-order chi connectivity index (χ0) is 17.5. The first-order valence-corrected chi connectivity index (χ1v) is 9.07. The summed E-state index contributed by atoms with van der Waals surface area (Å²) in [7, 11) is 0. The van der Waals surface area contributed by atoms with E-state index in [0.29, 0.717) is 30.5 Å². The molecule has 1 saturated heterocycles. The number of rotatable bonds is 7. The second kappa shape index (κ2) is 8.76. The van der Waals surface area contributed by atoms with E-state index in [9.17, 15) is 4.79 Å². The van der Waals surface area contributed by atoms with Gasteiger partial charge >= 0.3 is 0 Å². The Balaban J connectivity index is 1.46. The van der Waals surface area contributed by atoms with E-state index >= 15 is 0 Å². The quantitative estimate of drug-likeness (QED) is 0.808. The number of hydrogen-bond acceptors (Lipinski definition) is 5. The Morgan fingerprint density at radius 1 is 1.32 bits per heavy atom. The molecule has 25 heavy (non-hydrogen) atoms. The van der Waals surface area contributed by atoms with Gasteiger partial charge in [-0.25, -0.2) is 0 Å². The average Bonchev–Trinajstić information content (AvgIpc) is 3.10. The maximum atomic E-state index is 12.2. The smallest absolute Gasteiger partial charge is 0.231 e. The first-order chi connectivity index (χ1) is 12.2. The van der Waals surface area contributed by atoms with Crippen LogP contribution >= 0.6 is 0 Å². The lowest BCUT2D eigenvalue weighted by Gasteiger charge is -2.22. The maximum absolute atomic E-state index is 12.2. The lowest BCUT2D eigenvalue weighted by atomic mass is 9.93. The van der Waals surface area contributed by atoms with E-state index in [0.717, 1.165) is 37.9 Å². The molecule has 0 spiro atoms. The Labute approximate surface area is 148 Å². The number of piperidine rings is 1.